The molecular formula is C45H65F3N2O15. The standard InChI is InChI=1S/C45H65F3N2O15/c1-53-9-10-54-11-12-55-13-14-56-15-16-57-17-18-58-19-20-59-21-22-60-23-24-61-25-26-62-27-28-63-29-30-64-31-32-65-44(52)50-36-41-34-39(7-8-49-41)42-35-38(5-6-43(42)51)37-3-2-4-40(33-37)45(46,47)48/h2-8,33-35,51H,9-32,36H2,1H3,(H,50,52). The summed E-state index contributed by atoms with van der Waals surface area (Å²) in [4.78, 5) is 16.4. The number of phenols is 1. The first-order valence-corrected chi connectivity index (χ1v) is 21.5. The Kier molecular flexibility index (Phi) is 30.7. The highest BCUT2D eigenvalue weighted by Crippen LogP contribution is 2.36. The smallest absolute Gasteiger partial charge is 0.416 e. The van der Waals surface area contributed by atoms with Crippen LogP contribution in [-0.2, 0) is 74.3 Å². The minimum Gasteiger partial charge on any atom is -0.507 e. The van der Waals surface area contributed by atoms with Gasteiger partial charge in [0.25, 0.3) is 0 Å². The lowest BCUT2D eigenvalue weighted by atomic mass is 9.97. The van der Waals surface area contributed by atoms with Crippen LogP contribution < -0.4 is 5.32 Å². The molecule has 17 nitrogen and oxygen atoms in total. The maximum Gasteiger partial charge on any atom is 0.416 e. The molecule has 0 fully saturated rings. The molecule has 2 aromatic carbocycles. The Hall–Kier alpha value is -4.03. The molecule has 2 N–H and O–H groups in total. The van der Waals surface area contributed by atoms with Gasteiger partial charge in [0.1, 0.15) is 12.4 Å². The number of alkyl carbamates (subject to hydrolysis) is 1. The third-order valence-corrected chi connectivity index (χ3v) is 8.67. The van der Waals surface area contributed by atoms with Crippen LogP contribution in [0.3, 0.4) is 0 Å². The van der Waals surface area contributed by atoms with Crippen molar-refractivity contribution in [1.29, 1.82) is 0 Å². The molecule has 0 spiro atoms. The van der Waals surface area contributed by atoms with E-state index in [4.69, 9.17) is 61.6 Å². The van der Waals surface area contributed by atoms with Gasteiger partial charge in [-0.2, -0.15) is 13.2 Å². The molecular weight excluding hydrogens is 865 g/mol. The number of hydrogen-bond donors (Lipinski definition) is 2. The Bertz CT molecular complexity index is 1660. The fourth-order valence-corrected chi connectivity index (χ4v) is 5.41. The molecule has 0 bridgehead atoms. The summed E-state index contributed by atoms with van der Waals surface area (Å²) in [6.07, 6.45) is -3.65. The summed E-state index contributed by atoms with van der Waals surface area (Å²) >= 11 is 0. The molecule has 0 saturated heterocycles. The lowest BCUT2D eigenvalue weighted by molar-refractivity contribution is -0.137. The van der Waals surface area contributed by atoms with Crippen molar-refractivity contribution < 1.29 is 84.7 Å². The zero-order valence-corrected chi connectivity index (χ0v) is 37.2. The molecule has 0 saturated carbocycles. The van der Waals surface area contributed by atoms with E-state index in [1.165, 1.54) is 18.3 Å². The van der Waals surface area contributed by atoms with Crippen molar-refractivity contribution in [1.82, 2.24) is 10.3 Å². The molecule has 0 atom stereocenters. The van der Waals surface area contributed by atoms with Crippen LogP contribution in [0.25, 0.3) is 22.3 Å². The Morgan fingerprint density at radius 1 is 0.523 bits per heavy atom. The quantitative estimate of drug-likeness (QED) is 0.0710. The summed E-state index contributed by atoms with van der Waals surface area (Å²) in [7, 11) is 1.63. The number of aromatic hydroxyl groups is 1. The number of pyridine rings is 1. The molecule has 0 aliphatic carbocycles. The number of rotatable bonds is 40. The van der Waals surface area contributed by atoms with E-state index in [1.807, 2.05) is 0 Å². The van der Waals surface area contributed by atoms with E-state index in [0.717, 1.165) is 12.1 Å². The van der Waals surface area contributed by atoms with Gasteiger partial charge in [-0.1, -0.05) is 18.2 Å². The number of halogens is 3. The number of carbonyl (C=O) groups is 1. The highest BCUT2D eigenvalue weighted by Gasteiger charge is 2.30. The Labute approximate surface area is 378 Å². The van der Waals surface area contributed by atoms with Crippen molar-refractivity contribution in [2.45, 2.75) is 12.7 Å². The Morgan fingerprint density at radius 3 is 1.37 bits per heavy atom. The summed E-state index contributed by atoms with van der Waals surface area (Å²) in [5.41, 5.74) is 1.52. The highest BCUT2D eigenvalue weighted by atomic mass is 19.4. The van der Waals surface area contributed by atoms with Crippen LogP contribution in [0.2, 0.25) is 0 Å². The van der Waals surface area contributed by atoms with Gasteiger partial charge in [-0.25, -0.2) is 4.79 Å². The normalized spacial score (nSPS) is 11.6. The van der Waals surface area contributed by atoms with Crippen molar-refractivity contribution >= 4 is 6.09 Å². The van der Waals surface area contributed by atoms with E-state index in [9.17, 15) is 23.1 Å². The van der Waals surface area contributed by atoms with Gasteiger partial charge in [0, 0.05) is 18.9 Å². The number of phenolic OH excluding ortho intramolecular Hbond substituents is 1. The first-order chi connectivity index (χ1) is 31.8. The van der Waals surface area contributed by atoms with Crippen molar-refractivity contribution in [2.75, 3.05) is 166 Å². The molecule has 20 heteroatoms. The highest BCUT2D eigenvalue weighted by molar-refractivity contribution is 5.77. The minimum atomic E-state index is -4.48. The zero-order chi connectivity index (χ0) is 46.5. The predicted molar refractivity (Wildman–Crippen MR) is 231 cm³/mol. The second-order valence-corrected chi connectivity index (χ2v) is 13.6. The average Bonchev–Trinajstić information content (AvgIpc) is 3.30. The predicted octanol–water partition coefficient (Wildman–Crippen LogP) is 5.20. The van der Waals surface area contributed by atoms with Crippen molar-refractivity contribution in [3.63, 3.8) is 0 Å². The van der Waals surface area contributed by atoms with Gasteiger partial charge < -0.3 is 72.0 Å². The number of nitrogens with zero attached hydrogens (tertiary/aromatic N) is 1. The largest absolute Gasteiger partial charge is 0.507 e. The van der Waals surface area contributed by atoms with E-state index in [1.54, 1.807) is 37.4 Å². The van der Waals surface area contributed by atoms with Gasteiger partial charge in [-0.15, -0.1) is 0 Å². The van der Waals surface area contributed by atoms with Crippen LogP contribution in [0.5, 0.6) is 5.75 Å². The number of carbonyl (C=O) groups excluding carboxylic acids is 1. The number of nitrogens with one attached hydrogen (secondary N) is 1. The van der Waals surface area contributed by atoms with Crippen molar-refractivity contribution in [3.8, 4) is 28.0 Å². The third-order valence-electron chi connectivity index (χ3n) is 8.67. The van der Waals surface area contributed by atoms with Crippen LogP contribution in [0.1, 0.15) is 11.3 Å². The van der Waals surface area contributed by atoms with Crippen LogP contribution >= 0.6 is 0 Å². The Morgan fingerprint density at radius 2 is 0.938 bits per heavy atom. The summed E-state index contributed by atoms with van der Waals surface area (Å²) in [6.45, 7) is 10.5. The van der Waals surface area contributed by atoms with E-state index in [-0.39, 0.29) is 25.5 Å². The van der Waals surface area contributed by atoms with Gasteiger partial charge in [-0.05, 0) is 53.1 Å². The monoisotopic (exact) mass is 930 g/mol. The van der Waals surface area contributed by atoms with E-state index in [2.05, 4.69) is 10.3 Å². The fourth-order valence-electron chi connectivity index (χ4n) is 5.41. The molecule has 3 rings (SSSR count). The maximum atomic E-state index is 13.2. The molecule has 65 heavy (non-hydrogen) atoms. The van der Waals surface area contributed by atoms with Crippen molar-refractivity contribution in [3.05, 3.63) is 72.1 Å². The van der Waals surface area contributed by atoms with E-state index in [0.29, 0.717) is 173 Å². The SMILES string of the molecule is COCCOCCOCCOCCOCCOCCOCCOCCOCCOCCOCCOCCOC(=O)NCc1cc(-c2cc(-c3cccc(C(F)(F)F)c3)ccc2O)ccn1. The fraction of sp³-hybridized carbons (Fsp3) is 0.600. The molecule has 3 aromatic rings. The van der Waals surface area contributed by atoms with Crippen molar-refractivity contribution in [2.24, 2.45) is 0 Å². The number of methoxy groups -OCH3 is 1. The van der Waals surface area contributed by atoms with Gasteiger partial charge in [0.2, 0.25) is 0 Å². The molecule has 1 aromatic heterocycles. The molecule has 0 unspecified atom stereocenters. The lowest BCUT2D eigenvalue weighted by Crippen LogP contribution is -2.25. The van der Waals surface area contributed by atoms with Crippen LogP contribution in [0, 0.1) is 0 Å². The van der Waals surface area contributed by atoms with Crippen LogP contribution in [0.15, 0.2) is 60.8 Å². The Balaban J connectivity index is 1.03. The lowest BCUT2D eigenvalue weighted by Gasteiger charge is -2.12. The summed E-state index contributed by atoms with van der Waals surface area (Å²) in [5.74, 6) is -0.0606. The number of alkyl halides is 3. The molecule has 1 heterocycles. The topological polar surface area (TPSA) is 182 Å². The summed E-state index contributed by atoms with van der Waals surface area (Å²) in [6, 6.07) is 12.8. The van der Waals surface area contributed by atoms with Gasteiger partial charge in [0.05, 0.1) is 170 Å². The van der Waals surface area contributed by atoms with Gasteiger partial charge in [-0.3, -0.25) is 4.98 Å². The second kappa shape index (κ2) is 36.1. The minimum absolute atomic E-state index is 0.0224. The number of benzene rings is 2. The first kappa shape index (κ1) is 55.3. The number of ether oxygens (including phenoxy) is 13. The molecule has 1 amide bonds. The van der Waals surface area contributed by atoms with Crippen LogP contribution in [-0.4, -0.2) is 182 Å². The molecule has 366 valence electrons. The number of amides is 1. The zero-order valence-electron chi connectivity index (χ0n) is 37.2. The van der Waals surface area contributed by atoms with Gasteiger partial charge >= 0.3 is 12.3 Å². The first-order valence-electron chi connectivity index (χ1n) is 21.5. The number of aromatic nitrogens is 1. The van der Waals surface area contributed by atoms with Gasteiger partial charge in [0.15, 0.2) is 0 Å². The third kappa shape index (κ3) is 27.3. The van der Waals surface area contributed by atoms with Crippen LogP contribution in [0.4, 0.5) is 18.0 Å². The summed E-state index contributed by atoms with van der Waals surface area (Å²) in [5, 5.41) is 13.1. The summed E-state index contributed by atoms with van der Waals surface area (Å²) < 4.78 is 110. The molecule has 0 aliphatic rings. The van der Waals surface area contributed by atoms with E-state index >= 15 is 0 Å². The second-order valence-electron chi connectivity index (χ2n) is 13.6. The maximum absolute atomic E-state index is 13.2. The van der Waals surface area contributed by atoms with E-state index < -0.39 is 17.8 Å². The molecule has 0 radical (unpaired) electrons. The molecule has 0 aliphatic heterocycles. The number of hydrogen-bond acceptors (Lipinski definition) is 16. The average molecular weight is 931 g/mol.